The van der Waals surface area contributed by atoms with Crippen molar-refractivity contribution in [3.63, 3.8) is 0 Å². The molecule has 0 fully saturated rings. The second kappa shape index (κ2) is 7.93. The van der Waals surface area contributed by atoms with Crippen molar-refractivity contribution in [3.05, 3.63) is 71.9 Å². The van der Waals surface area contributed by atoms with Crippen LogP contribution in [-0.4, -0.2) is 34.4 Å². The molecule has 28 heavy (non-hydrogen) atoms. The van der Waals surface area contributed by atoms with Crippen LogP contribution in [0, 0.1) is 0 Å². The normalized spacial score (nSPS) is 20.1. The van der Waals surface area contributed by atoms with Gasteiger partial charge in [-0.2, -0.15) is 4.79 Å². The Hall–Kier alpha value is -3.00. The van der Waals surface area contributed by atoms with Crippen LogP contribution >= 0.6 is 0 Å². The number of rotatable bonds is 7. The average Bonchev–Trinajstić information content (AvgIpc) is 2.96. The number of para-hydroxylation sites is 1. The molecule has 0 saturated heterocycles. The standard InChI is InChI=1S/C21H23N3O4/c1-14(22)11-16-13-24(21(27)28,19-10-6-5-9-17(16)19)23-18(20(25)26)12-15-7-3-2-4-8-15/h2-10,13-14,18,23H,11-12,22H2,1H3,(H-,25,26,27,28)/p+1/t14-,18+,24?/m1/s1. The second-order valence-corrected chi connectivity index (χ2v) is 7.07. The molecule has 7 heteroatoms. The van der Waals surface area contributed by atoms with E-state index >= 15 is 0 Å². The molecule has 0 radical (unpaired) electrons. The summed E-state index contributed by atoms with van der Waals surface area (Å²) in [5.41, 5.74) is 11.6. The first-order valence-corrected chi connectivity index (χ1v) is 9.07. The van der Waals surface area contributed by atoms with Crippen molar-refractivity contribution in [2.45, 2.75) is 31.8 Å². The molecule has 146 valence electrons. The van der Waals surface area contributed by atoms with Crippen molar-refractivity contribution in [1.82, 2.24) is 10.0 Å². The van der Waals surface area contributed by atoms with Gasteiger partial charge in [0.25, 0.3) is 0 Å². The number of nitrogens with one attached hydrogen (secondary N) is 1. The number of nitrogens with two attached hydrogens (primary N) is 1. The number of fused-ring (bicyclic) bond motifs is 1. The molecular formula is C21H24N3O4+. The lowest BCUT2D eigenvalue weighted by Gasteiger charge is -2.28. The molecule has 1 unspecified atom stereocenters. The minimum Gasteiger partial charge on any atom is -0.480 e. The van der Waals surface area contributed by atoms with Crippen molar-refractivity contribution in [2.75, 3.05) is 0 Å². The number of carboxylic acids is 1. The van der Waals surface area contributed by atoms with Crippen molar-refractivity contribution in [1.29, 1.82) is 0 Å². The van der Waals surface area contributed by atoms with E-state index in [0.717, 1.165) is 16.7 Å². The predicted octanol–water partition coefficient (Wildman–Crippen LogP) is 2.96. The van der Waals surface area contributed by atoms with Crippen LogP contribution in [0.2, 0.25) is 0 Å². The molecule has 1 aliphatic rings. The van der Waals surface area contributed by atoms with Crippen LogP contribution in [0.5, 0.6) is 0 Å². The van der Waals surface area contributed by atoms with Gasteiger partial charge in [0, 0.05) is 29.7 Å². The number of amides is 1. The highest BCUT2D eigenvalue weighted by Gasteiger charge is 2.49. The number of carboxylic acid groups (broad SMARTS) is 2. The minimum atomic E-state index is -1.20. The van der Waals surface area contributed by atoms with Crippen molar-refractivity contribution in [2.24, 2.45) is 5.73 Å². The molecular weight excluding hydrogens is 358 g/mol. The number of benzene rings is 2. The minimum absolute atomic E-state index is 0.155. The summed E-state index contributed by atoms with van der Waals surface area (Å²) in [6.07, 6.45) is 0.994. The first-order valence-electron chi connectivity index (χ1n) is 9.07. The maximum atomic E-state index is 12.4. The molecule has 7 nitrogen and oxygen atoms in total. The quantitative estimate of drug-likeness (QED) is 0.548. The number of hydrogen-bond donors (Lipinski definition) is 4. The Balaban J connectivity index is 2.02. The van der Waals surface area contributed by atoms with Crippen LogP contribution in [0.4, 0.5) is 10.5 Å². The molecule has 0 spiro atoms. The maximum Gasteiger partial charge on any atom is 0.543 e. The Bertz CT molecular complexity index is 911. The summed E-state index contributed by atoms with van der Waals surface area (Å²) >= 11 is 0. The van der Waals surface area contributed by atoms with Crippen LogP contribution in [0.25, 0.3) is 5.57 Å². The Morgan fingerprint density at radius 2 is 1.68 bits per heavy atom. The van der Waals surface area contributed by atoms with E-state index in [-0.39, 0.29) is 12.5 Å². The van der Waals surface area contributed by atoms with Crippen LogP contribution < -0.4 is 15.8 Å². The molecule has 1 amide bonds. The molecule has 2 aromatic carbocycles. The lowest BCUT2D eigenvalue weighted by atomic mass is 10.0. The monoisotopic (exact) mass is 382 g/mol. The van der Waals surface area contributed by atoms with E-state index in [9.17, 15) is 19.8 Å². The van der Waals surface area contributed by atoms with E-state index in [4.69, 9.17) is 5.73 Å². The smallest absolute Gasteiger partial charge is 0.480 e. The van der Waals surface area contributed by atoms with Crippen LogP contribution in [0.3, 0.4) is 0 Å². The van der Waals surface area contributed by atoms with E-state index in [1.807, 2.05) is 49.4 Å². The lowest BCUT2D eigenvalue weighted by molar-refractivity contribution is -0.140. The van der Waals surface area contributed by atoms with Crippen LogP contribution in [-0.2, 0) is 11.2 Å². The summed E-state index contributed by atoms with van der Waals surface area (Å²) < 4.78 is -0.776. The fraction of sp³-hybridized carbons (Fsp3) is 0.238. The van der Waals surface area contributed by atoms with Crippen LogP contribution in [0.15, 0.2) is 60.8 Å². The van der Waals surface area contributed by atoms with E-state index in [0.29, 0.717) is 12.1 Å². The highest BCUT2D eigenvalue weighted by atomic mass is 16.4. The third kappa shape index (κ3) is 3.82. The fourth-order valence-corrected chi connectivity index (χ4v) is 3.54. The Labute approximate surface area is 163 Å². The second-order valence-electron chi connectivity index (χ2n) is 7.07. The summed E-state index contributed by atoms with van der Waals surface area (Å²) in [5, 5.41) is 19.8. The van der Waals surface area contributed by atoms with Gasteiger partial charge in [-0.05, 0) is 25.0 Å². The first kappa shape index (κ1) is 19.8. The molecule has 1 aliphatic heterocycles. The van der Waals surface area contributed by atoms with Crippen molar-refractivity contribution >= 4 is 23.3 Å². The molecule has 0 bridgehead atoms. The van der Waals surface area contributed by atoms with E-state index < -0.39 is 22.7 Å². The zero-order valence-electron chi connectivity index (χ0n) is 15.6. The van der Waals surface area contributed by atoms with E-state index in [1.165, 1.54) is 0 Å². The SMILES string of the molecule is C[C@@H](N)CC1=C[N+](N[C@@H](Cc2ccccc2)C(=O)O)(C(=O)O)c2ccccc21. The zero-order valence-corrected chi connectivity index (χ0v) is 15.6. The molecule has 5 N–H and O–H groups in total. The zero-order chi connectivity index (χ0) is 20.3. The topological polar surface area (TPSA) is 113 Å². The number of nitrogens with zero attached hydrogens (tertiary/aromatic N) is 1. The highest BCUT2D eigenvalue weighted by molar-refractivity contribution is 5.94. The summed E-state index contributed by atoms with van der Waals surface area (Å²) in [6, 6.07) is 15.0. The van der Waals surface area contributed by atoms with Gasteiger partial charge >= 0.3 is 12.1 Å². The van der Waals surface area contributed by atoms with Gasteiger partial charge in [-0.15, -0.1) is 5.43 Å². The van der Waals surface area contributed by atoms with E-state index in [1.54, 1.807) is 18.3 Å². The van der Waals surface area contributed by atoms with Gasteiger partial charge < -0.3 is 15.9 Å². The molecule has 0 aromatic heterocycles. The summed E-state index contributed by atoms with van der Waals surface area (Å²) in [7, 11) is 0. The molecule has 3 atom stereocenters. The Morgan fingerprint density at radius 1 is 1.04 bits per heavy atom. The maximum absolute atomic E-state index is 12.4. The van der Waals surface area contributed by atoms with Gasteiger partial charge in [0.15, 0.2) is 11.7 Å². The Kier molecular flexibility index (Phi) is 5.60. The summed E-state index contributed by atoms with van der Waals surface area (Å²) in [5.74, 6) is -1.12. The number of aliphatic carboxylic acids is 1. The molecule has 3 rings (SSSR count). The predicted molar refractivity (Wildman–Crippen MR) is 107 cm³/mol. The van der Waals surface area contributed by atoms with Gasteiger partial charge in [-0.25, -0.2) is 0 Å². The summed E-state index contributed by atoms with van der Waals surface area (Å²) in [6.45, 7) is 1.85. The third-order valence-electron chi connectivity index (χ3n) is 4.76. The van der Waals surface area contributed by atoms with Gasteiger partial charge in [0.1, 0.15) is 6.20 Å². The van der Waals surface area contributed by atoms with Gasteiger partial charge in [0.05, 0.1) is 0 Å². The average molecular weight is 382 g/mol. The largest absolute Gasteiger partial charge is 0.543 e. The highest BCUT2D eigenvalue weighted by Crippen LogP contribution is 2.41. The molecule has 2 aromatic rings. The van der Waals surface area contributed by atoms with Crippen molar-refractivity contribution < 1.29 is 19.8 Å². The van der Waals surface area contributed by atoms with E-state index in [2.05, 4.69) is 5.43 Å². The lowest BCUT2D eigenvalue weighted by Crippen LogP contribution is -2.63. The number of carbonyl (C=O) groups is 2. The fourth-order valence-electron chi connectivity index (χ4n) is 3.54. The van der Waals surface area contributed by atoms with Crippen molar-refractivity contribution in [3.8, 4) is 0 Å². The molecule has 0 aliphatic carbocycles. The molecule has 1 heterocycles. The molecule has 0 saturated carbocycles. The first-order chi connectivity index (χ1) is 13.3. The Morgan fingerprint density at radius 3 is 2.29 bits per heavy atom. The van der Waals surface area contributed by atoms with Crippen LogP contribution in [0.1, 0.15) is 24.5 Å². The van der Waals surface area contributed by atoms with Gasteiger partial charge in [-0.1, -0.05) is 47.1 Å². The number of quaternary nitrogens is 1. The van der Waals surface area contributed by atoms with Gasteiger partial charge in [-0.3, -0.25) is 4.79 Å². The summed E-state index contributed by atoms with van der Waals surface area (Å²) in [4.78, 5) is 24.3. The number of hydrogen-bond acceptors (Lipinski definition) is 4. The third-order valence-corrected chi connectivity index (χ3v) is 4.76. The van der Waals surface area contributed by atoms with Gasteiger partial charge in [0.2, 0.25) is 0 Å².